The topological polar surface area (TPSA) is 210 Å². The molecule has 1 aromatic carbocycles. The fraction of sp³-hybridized carbons (Fsp3) is 0.667. The largest absolute Gasteiger partial charge is 0.463 e. The molecule has 0 bridgehead atoms. The van der Waals surface area contributed by atoms with Crippen molar-refractivity contribution in [1.29, 1.82) is 0 Å². The normalized spacial score (nSPS) is 37.5. The lowest BCUT2D eigenvalue weighted by atomic mass is 9.91. The summed E-state index contributed by atoms with van der Waals surface area (Å²) in [6, 6.07) is 3.88. The minimum Gasteiger partial charge on any atom is -0.463 e. The van der Waals surface area contributed by atoms with Crippen LogP contribution in [0.5, 0.6) is 5.75 Å². The molecule has 35 heavy (non-hydrogen) atoms. The number of nitro benzene ring substituents is 1. The number of amides is 1. The summed E-state index contributed by atoms with van der Waals surface area (Å²) < 4.78 is 22.9. The first-order chi connectivity index (χ1) is 16.6. The van der Waals surface area contributed by atoms with Crippen LogP contribution < -0.4 is 10.1 Å². The van der Waals surface area contributed by atoms with Crippen LogP contribution in [0.25, 0.3) is 0 Å². The molecule has 2 aliphatic heterocycles. The van der Waals surface area contributed by atoms with Gasteiger partial charge in [-0.25, -0.2) is 0 Å². The Labute approximate surface area is 200 Å². The number of nitro groups is 1. The summed E-state index contributed by atoms with van der Waals surface area (Å²) in [5.74, 6) is -1.19. The highest BCUT2D eigenvalue weighted by Gasteiger charge is 2.51. The van der Waals surface area contributed by atoms with Gasteiger partial charge in [0.1, 0.15) is 42.3 Å². The quantitative estimate of drug-likeness (QED) is 0.169. The molecule has 2 aliphatic rings. The minimum absolute atomic E-state index is 0.143. The van der Waals surface area contributed by atoms with E-state index in [0.29, 0.717) is 0 Å². The predicted molar refractivity (Wildman–Crippen MR) is 115 cm³/mol. The SMILES string of the molecule is CC(=O)NC1C(Oc2ccc([N+](=O)[O-])cc2)OC(CO)C(O)C1OC1OC(CO)C(O)C(O)C1C. The van der Waals surface area contributed by atoms with Crippen molar-refractivity contribution in [2.75, 3.05) is 13.2 Å². The van der Waals surface area contributed by atoms with Gasteiger partial charge in [-0.05, 0) is 12.1 Å². The van der Waals surface area contributed by atoms with Crippen molar-refractivity contribution in [3.05, 3.63) is 34.4 Å². The van der Waals surface area contributed by atoms with E-state index in [4.69, 9.17) is 18.9 Å². The van der Waals surface area contributed by atoms with Gasteiger partial charge >= 0.3 is 0 Å². The molecule has 1 amide bonds. The fourth-order valence-electron chi connectivity index (χ4n) is 4.03. The van der Waals surface area contributed by atoms with Crippen molar-refractivity contribution in [3.8, 4) is 5.75 Å². The van der Waals surface area contributed by atoms with Gasteiger partial charge in [-0.2, -0.15) is 0 Å². The summed E-state index contributed by atoms with van der Waals surface area (Å²) >= 11 is 0. The van der Waals surface area contributed by atoms with Gasteiger partial charge in [0, 0.05) is 25.0 Å². The van der Waals surface area contributed by atoms with E-state index in [1.165, 1.54) is 38.1 Å². The van der Waals surface area contributed by atoms with Crippen LogP contribution in [0.2, 0.25) is 0 Å². The summed E-state index contributed by atoms with van der Waals surface area (Å²) in [6.07, 6.45) is -10.4. The summed E-state index contributed by atoms with van der Waals surface area (Å²) in [4.78, 5) is 22.3. The first-order valence-corrected chi connectivity index (χ1v) is 11.0. The number of nitrogens with one attached hydrogen (secondary N) is 1. The average molecular weight is 502 g/mol. The van der Waals surface area contributed by atoms with E-state index in [1.807, 2.05) is 0 Å². The van der Waals surface area contributed by atoms with E-state index >= 15 is 0 Å². The number of hydrogen-bond donors (Lipinski definition) is 6. The molecule has 3 rings (SSSR count). The molecule has 196 valence electrons. The maximum atomic E-state index is 12.0. The van der Waals surface area contributed by atoms with E-state index in [9.17, 15) is 40.4 Å². The standard InChI is InChI=1S/C21H30N2O12/c1-9-16(27)17(28)13(7-24)33-20(9)35-19-15(22-10(2)26)21(34-14(8-25)18(19)29)32-12-5-3-11(4-6-12)23(30)31/h3-6,9,13-21,24-25,27-29H,7-8H2,1-2H3,(H,22,26). The minimum atomic E-state index is -1.49. The van der Waals surface area contributed by atoms with Gasteiger partial charge in [-0.3, -0.25) is 14.9 Å². The van der Waals surface area contributed by atoms with Crippen LogP contribution in [-0.4, -0.2) is 105 Å². The van der Waals surface area contributed by atoms with Gasteiger partial charge in [-0.1, -0.05) is 6.92 Å². The van der Waals surface area contributed by atoms with Gasteiger partial charge in [-0.15, -0.1) is 0 Å². The van der Waals surface area contributed by atoms with Crippen LogP contribution in [0.3, 0.4) is 0 Å². The zero-order valence-corrected chi connectivity index (χ0v) is 19.0. The fourth-order valence-corrected chi connectivity index (χ4v) is 4.03. The highest BCUT2D eigenvalue weighted by atomic mass is 16.7. The van der Waals surface area contributed by atoms with Crippen molar-refractivity contribution in [1.82, 2.24) is 5.32 Å². The van der Waals surface area contributed by atoms with Gasteiger partial charge in [0.15, 0.2) is 6.29 Å². The number of hydrogen-bond acceptors (Lipinski definition) is 12. The summed E-state index contributed by atoms with van der Waals surface area (Å²) in [6.45, 7) is 1.49. The molecular weight excluding hydrogens is 472 g/mol. The number of ether oxygens (including phenoxy) is 4. The van der Waals surface area contributed by atoms with E-state index in [2.05, 4.69) is 5.32 Å². The lowest BCUT2D eigenvalue weighted by molar-refractivity contribution is -0.384. The third-order valence-electron chi connectivity index (χ3n) is 6.00. The predicted octanol–water partition coefficient (Wildman–Crippen LogP) is -1.98. The second-order valence-corrected chi connectivity index (χ2v) is 8.48. The molecule has 0 radical (unpaired) electrons. The molecule has 2 saturated heterocycles. The molecule has 0 saturated carbocycles. The molecule has 2 heterocycles. The molecule has 14 nitrogen and oxygen atoms in total. The van der Waals surface area contributed by atoms with Gasteiger partial charge in [0.2, 0.25) is 12.2 Å². The van der Waals surface area contributed by atoms with Crippen molar-refractivity contribution >= 4 is 11.6 Å². The summed E-state index contributed by atoms with van der Waals surface area (Å²) in [7, 11) is 0. The molecule has 0 aromatic heterocycles. The number of nitrogens with zero attached hydrogens (tertiary/aromatic N) is 1. The number of carbonyl (C=O) groups is 1. The molecule has 0 aliphatic carbocycles. The van der Waals surface area contributed by atoms with Gasteiger partial charge in [0.25, 0.3) is 5.69 Å². The monoisotopic (exact) mass is 502 g/mol. The van der Waals surface area contributed by atoms with Crippen molar-refractivity contribution in [2.45, 2.75) is 69.1 Å². The molecule has 10 unspecified atom stereocenters. The number of benzene rings is 1. The Hall–Kier alpha value is -2.43. The van der Waals surface area contributed by atoms with Crippen LogP contribution in [-0.2, 0) is 19.0 Å². The highest BCUT2D eigenvalue weighted by Crippen LogP contribution is 2.32. The number of aliphatic hydroxyl groups is 5. The van der Waals surface area contributed by atoms with E-state index in [0.717, 1.165) is 0 Å². The Bertz CT molecular complexity index is 868. The van der Waals surface area contributed by atoms with Crippen molar-refractivity contribution in [2.24, 2.45) is 5.92 Å². The first-order valence-electron chi connectivity index (χ1n) is 11.0. The van der Waals surface area contributed by atoms with Gasteiger partial charge < -0.3 is 49.8 Å². The molecule has 14 heteroatoms. The zero-order valence-electron chi connectivity index (χ0n) is 19.0. The van der Waals surface area contributed by atoms with Crippen LogP contribution in [0, 0.1) is 16.0 Å². The lowest BCUT2D eigenvalue weighted by Crippen LogP contribution is -2.67. The molecule has 2 fully saturated rings. The molecule has 0 spiro atoms. The smallest absolute Gasteiger partial charge is 0.269 e. The Morgan fingerprint density at radius 3 is 2.14 bits per heavy atom. The Morgan fingerprint density at radius 1 is 1.03 bits per heavy atom. The van der Waals surface area contributed by atoms with Crippen LogP contribution in [0.4, 0.5) is 5.69 Å². The second-order valence-electron chi connectivity index (χ2n) is 8.48. The Morgan fingerprint density at radius 2 is 1.60 bits per heavy atom. The third-order valence-corrected chi connectivity index (χ3v) is 6.00. The molecule has 10 atom stereocenters. The average Bonchev–Trinajstić information content (AvgIpc) is 2.82. The number of carbonyl (C=O) groups excluding carboxylic acids is 1. The Kier molecular flexibility index (Phi) is 8.95. The number of non-ortho nitro benzene ring substituents is 1. The second kappa shape index (κ2) is 11.5. The van der Waals surface area contributed by atoms with E-state index in [-0.39, 0.29) is 11.4 Å². The maximum absolute atomic E-state index is 12.0. The molecule has 1 aromatic rings. The maximum Gasteiger partial charge on any atom is 0.269 e. The zero-order chi connectivity index (χ0) is 25.9. The van der Waals surface area contributed by atoms with E-state index in [1.54, 1.807) is 0 Å². The lowest BCUT2D eigenvalue weighted by Gasteiger charge is -2.47. The molecular formula is C21H30N2O12. The van der Waals surface area contributed by atoms with Crippen LogP contribution >= 0.6 is 0 Å². The number of aliphatic hydroxyl groups excluding tert-OH is 5. The Balaban J connectivity index is 1.88. The number of rotatable bonds is 8. The molecule has 6 N–H and O–H groups in total. The van der Waals surface area contributed by atoms with Gasteiger partial charge in [0.05, 0.1) is 24.2 Å². The third kappa shape index (κ3) is 6.05. The highest BCUT2D eigenvalue weighted by molar-refractivity contribution is 5.73. The first kappa shape index (κ1) is 27.2. The van der Waals surface area contributed by atoms with Crippen LogP contribution in [0.1, 0.15) is 13.8 Å². The van der Waals surface area contributed by atoms with E-state index < -0.39 is 85.2 Å². The van der Waals surface area contributed by atoms with Crippen molar-refractivity contribution in [3.63, 3.8) is 0 Å². The summed E-state index contributed by atoms with van der Waals surface area (Å²) in [5.41, 5.74) is -0.173. The van der Waals surface area contributed by atoms with Crippen molar-refractivity contribution < 1.29 is 54.2 Å². The summed E-state index contributed by atoms with van der Waals surface area (Å²) in [5, 5.41) is 64.0. The van der Waals surface area contributed by atoms with Crippen LogP contribution in [0.15, 0.2) is 24.3 Å².